The molecule has 106 valence electrons. The van der Waals surface area contributed by atoms with E-state index in [9.17, 15) is 13.2 Å². The molecule has 2 aromatic rings. The second-order valence-corrected chi connectivity index (χ2v) is 4.14. The molecule has 0 aliphatic heterocycles. The summed E-state index contributed by atoms with van der Waals surface area (Å²) in [4.78, 5) is 0. The van der Waals surface area contributed by atoms with Gasteiger partial charge in [-0.3, -0.25) is 0 Å². The van der Waals surface area contributed by atoms with Crippen LogP contribution in [0.4, 0.5) is 18.9 Å². The number of anilines is 1. The molecule has 0 unspecified atom stereocenters. The minimum Gasteiger partial charge on any atom is -0.451 e. The van der Waals surface area contributed by atoms with Crippen molar-refractivity contribution in [1.29, 1.82) is 0 Å². The Morgan fingerprint density at radius 3 is 2.25 bits per heavy atom. The van der Waals surface area contributed by atoms with E-state index in [1.165, 1.54) is 18.2 Å². The molecular formula is C14H12F3NO2. The van der Waals surface area contributed by atoms with Gasteiger partial charge in [0.05, 0.1) is 5.69 Å². The summed E-state index contributed by atoms with van der Waals surface area (Å²) in [7, 11) is 0. The first-order valence-electron chi connectivity index (χ1n) is 5.74. The molecular weight excluding hydrogens is 271 g/mol. The van der Waals surface area contributed by atoms with Crippen LogP contribution in [0, 0.1) is 6.92 Å². The zero-order chi connectivity index (χ0) is 14.8. The smallest absolute Gasteiger partial charge is 0.451 e. The van der Waals surface area contributed by atoms with Crippen molar-refractivity contribution < 1.29 is 22.6 Å². The number of rotatable bonds is 3. The van der Waals surface area contributed by atoms with Gasteiger partial charge in [0, 0.05) is 0 Å². The molecule has 0 bridgehead atoms. The largest absolute Gasteiger partial charge is 0.573 e. The second kappa shape index (κ2) is 5.32. The van der Waals surface area contributed by atoms with Gasteiger partial charge in [-0.15, -0.1) is 13.2 Å². The van der Waals surface area contributed by atoms with Crippen LogP contribution in [0.2, 0.25) is 0 Å². The average Bonchev–Trinajstić information content (AvgIpc) is 2.34. The topological polar surface area (TPSA) is 44.5 Å². The standard InChI is InChI=1S/C14H12F3NO2/c1-9-6-7-10(18)13(8-9)19-11-4-2-3-5-12(11)20-14(15,16)17/h2-8H,18H2,1H3. The first-order valence-corrected chi connectivity index (χ1v) is 5.74. The summed E-state index contributed by atoms with van der Waals surface area (Å²) in [5, 5.41) is 0. The maximum absolute atomic E-state index is 12.3. The molecule has 0 saturated heterocycles. The summed E-state index contributed by atoms with van der Waals surface area (Å²) in [5.41, 5.74) is 6.94. The minimum atomic E-state index is -4.78. The molecule has 0 radical (unpaired) electrons. The molecule has 2 rings (SSSR count). The molecule has 0 saturated carbocycles. The fraction of sp³-hybridized carbons (Fsp3) is 0.143. The van der Waals surface area contributed by atoms with Crippen molar-refractivity contribution in [3.8, 4) is 17.2 Å². The van der Waals surface area contributed by atoms with Crippen molar-refractivity contribution >= 4 is 5.69 Å². The predicted octanol–water partition coefficient (Wildman–Crippen LogP) is 4.27. The lowest BCUT2D eigenvalue weighted by atomic mass is 10.2. The van der Waals surface area contributed by atoms with Crippen LogP contribution in [0.1, 0.15) is 5.56 Å². The maximum atomic E-state index is 12.3. The fourth-order valence-electron chi connectivity index (χ4n) is 1.59. The predicted molar refractivity (Wildman–Crippen MR) is 68.8 cm³/mol. The molecule has 0 aliphatic carbocycles. The van der Waals surface area contributed by atoms with Gasteiger partial charge in [-0.05, 0) is 36.8 Å². The number of ether oxygens (including phenoxy) is 2. The van der Waals surface area contributed by atoms with Gasteiger partial charge >= 0.3 is 6.36 Å². The summed E-state index contributed by atoms with van der Waals surface area (Å²) < 4.78 is 46.2. The van der Waals surface area contributed by atoms with E-state index >= 15 is 0 Å². The number of halogens is 3. The Labute approximate surface area is 113 Å². The molecule has 0 atom stereocenters. The summed E-state index contributed by atoms with van der Waals surface area (Å²) in [6, 6.07) is 10.6. The highest BCUT2D eigenvalue weighted by Crippen LogP contribution is 2.36. The zero-order valence-electron chi connectivity index (χ0n) is 10.6. The van der Waals surface area contributed by atoms with E-state index in [1.807, 2.05) is 6.92 Å². The molecule has 6 heteroatoms. The van der Waals surface area contributed by atoms with Gasteiger partial charge < -0.3 is 15.2 Å². The van der Waals surface area contributed by atoms with Crippen molar-refractivity contribution in [3.63, 3.8) is 0 Å². The van der Waals surface area contributed by atoms with E-state index in [4.69, 9.17) is 10.5 Å². The van der Waals surface area contributed by atoms with E-state index in [0.717, 1.165) is 5.56 Å². The third-order valence-electron chi connectivity index (χ3n) is 2.46. The third-order valence-corrected chi connectivity index (χ3v) is 2.46. The Bertz CT molecular complexity index is 612. The van der Waals surface area contributed by atoms with Crippen LogP contribution in [0.3, 0.4) is 0 Å². The molecule has 0 spiro atoms. The molecule has 0 aliphatic rings. The number of para-hydroxylation sites is 2. The minimum absolute atomic E-state index is 0.0536. The third kappa shape index (κ3) is 3.57. The van der Waals surface area contributed by atoms with Crippen LogP contribution in [0.25, 0.3) is 0 Å². The number of alkyl halides is 3. The van der Waals surface area contributed by atoms with Crippen LogP contribution < -0.4 is 15.2 Å². The van der Waals surface area contributed by atoms with Crippen molar-refractivity contribution in [1.82, 2.24) is 0 Å². The molecule has 0 heterocycles. The summed E-state index contributed by atoms with van der Waals surface area (Å²) in [6.45, 7) is 1.82. The summed E-state index contributed by atoms with van der Waals surface area (Å²) in [5.74, 6) is -0.189. The van der Waals surface area contributed by atoms with Crippen molar-refractivity contribution in [2.45, 2.75) is 13.3 Å². The van der Waals surface area contributed by atoms with Gasteiger partial charge in [-0.2, -0.15) is 0 Å². The van der Waals surface area contributed by atoms with Gasteiger partial charge in [-0.25, -0.2) is 0 Å². The lowest BCUT2D eigenvalue weighted by molar-refractivity contribution is -0.275. The molecule has 2 N–H and O–H groups in total. The monoisotopic (exact) mass is 283 g/mol. The average molecular weight is 283 g/mol. The van der Waals surface area contributed by atoms with E-state index in [-0.39, 0.29) is 11.5 Å². The Morgan fingerprint density at radius 1 is 0.950 bits per heavy atom. The quantitative estimate of drug-likeness (QED) is 0.856. The summed E-state index contributed by atoms with van der Waals surface area (Å²) >= 11 is 0. The highest BCUT2D eigenvalue weighted by atomic mass is 19.4. The molecule has 20 heavy (non-hydrogen) atoms. The second-order valence-electron chi connectivity index (χ2n) is 4.14. The van der Waals surface area contributed by atoms with Crippen LogP contribution in [0.15, 0.2) is 42.5 Å². The first kappa shape index (κ1) is 14.0. The SMILES string of the molecule is Cc1ccc(N)c(Oc2ccccc2OC(F)(F)F)c1. The Kier molecular flexibility index (Phi) is 3.74. The zero-order valence-corrected chi connectivity index (χ0v) is 10.6. The number of hydrogen-bond donors (Lipinski definition) is 1. The summed E-state index contributed by atoms with van der Waals surface area (Å²) in [6.07, 6.45) is -4.78. The molecule has 2 aromatic carbocycles. The van der Waals surface area contributed by atoms with Crippen molar-refractivity contribution in [2.24, 2.45) is 0 Å². The maximum Gasteiger partial charge on any atom is 0.573 e. The normalized spacial score (nSPS) is 11.2. The number of nitrogens with two attached hydrogens (primary N) is 1. The number of aryl methyl sites for hydroxylation is 1. The van der Waals surface area contributed by atoms with Gasteiger partial charge in [0.25, 0.3) is 0 Å². The van der Waals surface area contributed by atoms with E-state index in [1.54, 1.807) is 24.3 Å². The Morgan fingerprint density at radius 2 is 1.60 bits per heavy atom. The number of hydrogen-bond acceptors (Lipinski definition) is 3. The van der Waals surface area contributed by atoms with E-state index < -0.39 is 12.1 Å². The van der Waals surface area contributed by atoms with Gasteiger partial charge in [-0.1, -0.05) is 18.2 Å². The highest BCUT2D eigenvalue weighted by molar-refractivity contribution is 5.56. The van der Waals surface area contributed by atoms with E-state index in [0.29, 0.717) is 5.69 Å². The number of nitrogen functional groups attached to an aromatic ring is 1. The van der Waals surface area contributed by atoms with Gasteiger partial charge in [0.1, 0.15) is 0 Å². The van der Waals surface area contributed by atoms with Crippen LogP contribution in [-0.4, -0.2) is 6.36 Å². The molecule has 0 amide bonds. The van der Waals surface area contributed by atoms with Crippen LogP contribution >= 0.6 is 0 Å². The van der Waals surface area contributed by atoms with E-state index in [2.05, 4.69) is 4.74 Å². The lowest BCUT2D eigenvalue weighted by Crippen LogP contribution is -2.17. The Hall–Kier alpha value is -2.37. The van der Waals surface area contributed by atoms with Crippen molar-refractivity contribution in [3.05, 3.63) is 48.0 Å². The van der Waals surface area contributed by atoms with Gasteiger partial charge in [0.2, 0.25) is 0 Å². The lowest BCUT2D eigenvalue weighted by Gasteiger charge is -2.14. The molecule has 3 nitrogen and oxygen atoms in total. The van der Waals surface area contributed by atoms with Crippen LogP contribution in [0.5, 0.6) is 17.2 Å². The van der Waals surface area contributed by atoms with Crippen LogP contribution in [-0.2, 0) is 0 Å². The molecule has 0 aromatic heterocycles. The first-order chi connectivity index (χ1) is 9.35. The van der Waals surface area contributed by atoms with Crippen molar-refractivity contribution in [2.75, 3.05) is 5.73 Å². The molecule has 0 fully saturated rings. The highest BCUT2D eigenvalue weighted by Gasteiger charge is 2.32. The van der Waals surface area contributed by atoms with Gasteiger partial charge in [0.15, 0.2) is 17.2 Å². The fourth-order valence-corrected chi connectivity index (χ4v) is 1.59. The number of benzene rings is 2. The Balaban J connectivity index is 2.32.